The number of likely N-dealkylation sites (tertiary alicyclic amines) is 1. The summed E-state index contributed by atoms with van der Waals surface area (Å²) in [5.74, 6) is 0. The molecule has 1 heterocycles. The van der Waals surface area contributed by atoms with Crippen LogP contribution in [0.1, 0.15) is 75.1 Å². The summed E-state index contributed by atoms with van der Waals surface area (Å²) in [5.41, 5.74) is 2.99. The monoisotopic (exact) mass is 321 g/mol. The molecule has 1 fully saturated rings. The average Bonchev–Trinajstić information content (AvgIpc) is 2.66. The second-order valence-corrected chi connectivity index (χ2v) is 7.08. The van der Waals surface area contributed by atoms with Crippen molar-refractivity contribution in [1.82, 2.24) is 4.90 Å². The fraction of sp³-hybridized carbons (Fsp3) is 0.478. The molecule has 0 unspecified atom stereocenters. The van der Waals surface area contributed by atoms with Crippen molar-refractivity contribution < 1.29 is 0 Å². The van der Waals surface area contributed by atoms with E-state index in [4.69, 9.17) is 0 Å². The second-order valence-electron chi connectivity index (χ2n) is 7.08. The van der Waals surface area contributed by atoms with Crippen LogP contribution < -0.4 is 0 Å². The molecule has 1 saturated heterocycles. The Morgan fingerprint density at radius 1 is 0.750 bits per heavy atom. The largest absolute Gasteiger partial charge is 0.289 e. The number of unbranched alkanes of at least 4 members (excludes halogenated alkanes) is 3. The van der Waals surface area contributed by atoms with Gasteiger partial charge in [-0.3, -0.25) is 4.90 Å². The minimum atomic E-state index is 0.576. The Balaban J connectivity index is 1.81. The fourth-order valence-electron chi connectivity index (χ4n) is 4.15. The number of nitrogens with zero attached hydrogens (tertiary/aromatic N) is 1. The van der Waals surface area contributed by atoms with Crippen molar-refractivity contribution in [3.63, 3.8) is 0 Å². The maximum Gasteiger partial charge on any atom is 0.0354 e. The van der Waals surface area contributed by atoms with Crippen molar-refractivity contribution in [3.8, 4) is 0 Å². The van der Waals surface area contributed by atoms with Gasteiger partial charge in [-0.15, -0.1) is 0 Å². The van der Waals surface area contributed by atoms with E-state index in [0.717, 1.165) is 0 Å². The van der Waals surface area contributed by atoms with Crippen LogP contribution in [-0.2, 0) is 0 Å². The Bertz CT molecular complexity index is 530. The van der Waals surface area contributed by atoms with Crippen LogP contribution in [0.15, 0.2) is 60.7 Å². The van der Waals surface area contributed by atoms with E-state index in [1.807, 2.05) is 0 Å². The highest BCUT2D eigenvalue weighted by Gasteiger charge is 2.31. The Morgan fingerprint density at radius 3 is 1.79 bits per heavy atom. The number of rotatable bonds is 7. The third-order valence-electron chi connectivity index (χ3n) is 5.39. The van der Waals surface area contributed by atoms with Gasteiger partial charge in [-0.2, -0.15) is 0 Å². The van der Waals surface area contributed by atoms with Crippen LogP contribution in [0.5, 0.6) is 0 Å². The van der Waals surface area contributed by atoms with E-state index in [2.05, 4.69) is 72.5 Å². The van der Waals surface area contributed by atoms with Crippen LogP contribution in [0.3, 0.4) is 0 Å². The van der Waals surface area contributed by atoms with Gasteiger partial charge in [0.15, 0.2) is 0 Å². The normalized spacial score (nSPS) is 21.7. The van der Waals surface area contributed by atoms with Gasteiger partial charge in [0.05, 0.1) is 0 Å². The molecule has 2 aromatic carbocycles. The Hall–Kier alpha value is -1.60. The van der Waals surface area contributed by atoms with Crippen molar-refractivity contribution in [1.29, 1.82) is 0 Å². The lowest BCUT2D eigenvalue weighted by Crippen LogP contribution is -2.37. The molecule has 0 radical (unpaired) electrons. The quantitative estimate of drug-likeness (QED) is 0.524. The minimum Gasteiger partial charge on any atom is -0.289 e. The molecule has 0 aliphatic carbocycles. The fourth-order valence-corrected chi connectivity index (χ4v) is 4.15. The number of piperidine rings is 1. The summed E-state index contributed by atoms with van der Waals surface area (Å²) in [7, 11) is 0. The first kappa shape index (κ1) is 17.2. The van der Waals surface area contributed by atoms with E-state index in [9.17, 15) is 0 Å². The molecule has 1 aliphatic heterocycles. The smallest absolute Gasteiger partial charge is 0.0354 e. The molecular weight excluding hydrogens is 290 g/mol. The molecule has 3 rings (SSSR count). The minimum absolute atomic E-state index is 0.576. The molecule has 0 aromatic heterocycles. The molecule has 2 aromatic rings. The van der Waals surface area contributed by atoms with Gasteiger partial charge >= 0.3 is 0 Å². The van der Waals surface area contributed by atoms with E-state index in [1.165, 1.54) is 62.6 Å². The summed E-state index contributed by atoms with van der Waals surface area (Å²) in [5, 5.41) is 0. The highest BCUT2D eigenvalue weighted by molar-refractivity contribution is 5.24. The molecule has 1 aliphatic rings. The van der Waals surface area contributed by atoms with Crippen molar-refractivity contribution in [2.24, 2.45) is 0 Å². The van der Waals surface area contributed by atoms with Crippen molar-refractivity contribution >= 4 is 0 Å². The zero-order chi connectivity index (χ0) is 16.6. The van der Waals surface area contributed by atoms with E-state index in [1.54, 1.807) is 0 Å². The molecule has 1 heteroatoms. The second kappa shape index (κ2) is 9.03. The lowest BCUT2D eigenvalue weighted by atomic mass is 9.87. The predicted molar refractivity (Wildman–Crippen MR) is 103 cm³/mol. The lowest BCUT2D eigenvalue weighted by Gasteiger charge is -2.43. The molecule has 0 amide bonds. The molecule has 128 valence electrons. The highest BCUT2D eigenvalue weighted by atomic mass is 15.2. The average molecular weight is 322 g/mol. The first-order valence-corrected chi connectivity index (χ1v) is 9.75. The Labute approximate surface area is 147 Å². The number of benzene rings is 2. The maximum atomic E-state index is 2.80. The molecule has 24 heavy (non-hydrogen) atoms. The van der Waals surface area contributed by atoms with Gasteiger partial charge in [0, 0.05) is 12.1 Å². The van der Waals surface area contributed by atoms with Gasteiger partial charge in [0.2, 0.25) is 0 Å². The topological polar surface area (TPSA) is 3.24 Å². The van der Waals surface area contributed by atoms with Gasteiger partial charge in [0.25, 0.3) is 0 Å². The predicted octanol–water partition coefficient (Wildman–Crippen LogP) is 6.54. The summed E-state index contributed by atoms with van der Waals surface area (Å²) < 4.78 is 0. The molecular formula is C23H31N. The highest BCUT2D eigenvalue weighted by Crippen LogP contribution is 2.41. The zero-order valence-corrected chi connectivity index (χ0v) is 15.0. The SMILES string of the molecule is CCCCCCN1[C@@H](c2ccccc2)CCC[C@H]1c1ccccc1. The van der Waals surface area contributed by atoms with Gasteiger partial charge in [-0.05, 0) is 43.4 Å². The molecule has 1 nitrogen and oxygen atoms in total. The van der Waals surface area contributed by atoms with E-state index in [-0.39, 0.29) is 0 Å². The summed E-state index contributed by atoms with van der Waals surface area (Å²) in [6.45, 7) is 3.51. The first-order chi connectivity index (χ1) is 11.9. The summed E-state index contributed by atoms with van der Waals surface area (Å²) in [6.07, 6.45) is 9.26. The summed E-state index contributed by atoms with van der Waals surface area (Å²) in [6, 6.07) is 23.4. The Kier molecular flexibility index (Phi) is 6.48. The number of hydrogen-bond acceptors (Lipinski definition) is 1. The van der Waals surface area contributed by atoms with E-state index in [0.29, 0.717) is 12.1 Å². The molecule has 0 spiro atoms. The number of hydrogen-bond donors (Lipinski definition) is 0. The van der Waals surface area contributed by atoms with E-state index < -0.39 is 0 Å². The van der Waals surface area contributed by atoms with Crippen LogP contribution in [-0.4, -0.2) is 11.4 Å². The maximum absolute atomic E-state index is 2.80. The van der Waals surface area contributed by atoms with Crippen molar-refractivity contribution in [2.75, 3.05) is 6.54 Å². The van der Waals surface area contributed by atoms with Gasteiger partial charge in [-0.1, -0.05) is 86.8 Å². The molecule has 0 saturated carbocycles. The van der Waals surface area contributed by atoms with Gasteiger partial charge < -0.3 is 0 Å². The van der Waals surface area contributed by atoms with Gasteiger partial charge in [-0.25, -0.2) is 0 Å². The lowest BCUT2D eigenvalue weighted by molar-refractivity contribution is 0.0797. The van der Waals surface area contributed by atoms with Crippen molar-refractivity contribution in [2.45, 2.75) is 64.0 Å². The molecule has 0 N–H and O–H groups in total. The van der Waals surface area contributed by atoms with Gasteiger partial charge in [0.1, 0.15) is 0 Å². The third kappa shape index (κ3) is 4.27. The Morgan fingerprint density at radius 2 is 1.29 bits per heavy atom. The van der Waals surface area contributed by atoms with Crippen LogP contribution in [0, 0.1) is 0 Å². The summed E-state index contributed by atoms with van der Waals surface area (Å²) in [4.78, 5) is 2.80. The van der Waals surface area contributed by atoms with Crippen LogP contribution in [0.2, 0.25) is 0 Å². The zero-order valence-electron chi connectivity index (χ0n) is 15.0. The molecule has 0 bridgehead atoms. The van der Waals surface area contributed by atoms with Crippen LogP contribution in [0.25, 0.3) is 0 Å². The van der Waals surface area contributed by atoms with Crippen molar-refractivity contribution in [3.05, 3.63) is 71.8 Å². The van der Waals surface area contributed by atoms with E-state index >= 15 is 0 Å². The molecule has 2 atom stereocenters. The third-order valence-corrected chi connectivity index (χ3v) is 5.39. The summed E-state index contributed by atoms with van der Waals surface area (Å²) >= 11 is 0. The first-order valence-electron chi connectivity index (χ1n) is 9.75. The standard InChI is InChI=1S/C23H31N/c1-2-3-4-11-19-24-22(20-13-7-5-8-14-20)17-12-18-23(24)21-15-9-6-10-16-21/h5-10,13-16,22-23H,2-4,11-12,17-19H2,1H3/t22-,23+. The van der Waals surface area contributed by atoms with Crippen LogP contribution in [0.4, 0.5) is 0 Å². The van der Waals surface area contributed by atoms with Crippen LogP contribution >= 0.6 is 0 Å².